The molecule has 35 heavy (non-hydrogen) atoms. The van der Waals surface area contributed by atoms with Gasteiger partial charge in [-0.25, -0.2) is 13.9 Å². The number of aryl methyl sites for hydroxylation is 2. The molecule has 1 amide bonds. The van der Waals surface area contributed by atoms with Crippen molar-refractivity contribution in [3.63, 3.8) is 0 Å². The Hall–Kier alpha value is -4.53. The van der Waals surface area contributed by atoms with Gasteiger partial charge in [-0.3, -0.25) is 4.79 Å². The zero-order valence-electron chi connectivity index (χ0n) is 19.7. The van der Waals surface area contributed by atoms with E-state index in [2.05, 4.69) is 15.2 Å². The van der Waals surface area contributed by atoms with Gasteiger partial charge in [-0.05, 0) is 50.6 Å². The van der Waals surface area contributed by atoms with Gasteiger partial charge in [0.15, 0.2) is 5.65 Å². The Morgan fingerprint density at radius 3 is 2.57 bits per heavy atom. The minimum atomic E-state index is -0.422. The van der Waals surface area contributed by atoms with Gasteiger partial charge in [0.1, 0.15) is 6.54 Å². The summed E-state index contributed by atoms with van der Waals surface area (Å²) >= 11 is 0. The number of nitrogens with zero attached hydrogens (tertiary/aromatic N) is 6. The highest BCUT2D eigenvalue weighted by atomic mass is 16.5. The van der Waals surface area contributed by atoms with E-state index in [4.69, 9.17) is 4.52 Å². The van der Waals surface area contributed by atoms with Crippen LogP contribution in [-0.4, -0.2) is 36.8 Å². The molecule has 0 saturated heterocycles. The average Bonchev–Trinajstić information content (AvgIpc) is 3.46. The molecule has 0 aliphatic carbocycles. The van der Waals surface area contributed by atoms with Crippen LogP contribution in [0.4, 0.5) is 5.69 Å². The highest BCUT2D eigenvalue weighted by Gasteiger charge is 2.21. The molecule has 9 heteroatoms. The number of carbonyl (C=O) groups is 1. The molecule has 5 aromatic rings. The number of benzene rings is 2. The first-order valence-electron chi connectivity index (χ1n) is 11.3. The van der Waals surface area contributed by atoms with E-state index in [9.17, 15) is 9.59 Å². The summed E-state index contributed by atoms with van der Waals surface area (Å²) in [5.41, 5.74) is 4.20. The normalized spacial score (nSPS) is 11.2. The molecule has 3 heterocycles. The van der Waals surface area contributed by atoms with Gasteiger partial charge in [0.05, 0.1) is 5.56 Å². The molecule has 176 valence electrons. The molecule has 0 N–H and O–H groups in total. The van der Waals surface area contributed by atoms with Crippen molar-refractivity contribution in [3.05, 3.63) is 88.5 Å². The van der Waals surface area contributed by atoms with E-state index in [-0.39, 0.29) is 18.3 Å². The summed E-state index contributed by atoms with van der Waals surface area (Å²) in [4.78, 5) is 32.3. The van der Waals surface area contributed by atoms with Crippen LogP contribution in [0, 0.1) is 13.8 Å². The fourth-order valence-corrected chi connectivity index (χ4v) is 3.97. The maximum Gasteiger partial charge on any atom is 0.350 e. The Labute approximate surface area is 201 Å². The van der Waals surface area contributed by atoms with Crippen molar-refractivity contribution < 1.29 is 9.32 Å². The van der Waals surface area contributed by atoms with Crippen molar-refractivity contribution in [1.82, 2.24) is 24.3 Å². The van der Waals surface area contributed by atoms with Crippen LogP contribution in [0.1, 0.15) is 18.1 Å². The van der Waals surface area contributed by atoms with E-state index in [0.29, 0.717) is 23.6 Å². The lowest BCUT2D eigenvalue weighted by molar-refractivity contribution is -0.119. The van der Waals surface area contributed by atoms with Gasteiger partial charge in [0.2, 0.25) is 11.7 Å². The molecule has 0 aliphatic rings. The van der Waals surface area contributed by atoms with Crippen LogP contribution in [0.5, 0.6) is 0 Å². The van der Waals surface area contributed by atoms with E-state index in [0.717, 1.165) is 27.1 Å². The van der Waals surface area contributed by atoms with Crippen molar-refractivity contribution in [2.24, 2.45) is 0 Å². The minimum Gasteiger partial charge on any atom is -0.333 e. The molecule has 0 fully saturated rings. The predicted molar refractivity (Wildman–Crippen MR) is 132 cm³/mol. The van der Waals surface area contributed by atoms with Crippen LogP contribution < -0.4 is 10.6 Å². The largest absolute Gasteiger partial charge is 0.350 e. The fraction of sp³-hybridized carbons (Fsp3) is 0.192. The molecule has 2 aromatic carbocycles. The third-order valence-electron chi connectivity index (χ3n) is 5.79. The number of anilines is 1. The molecule has 0 atom stereocenters. The van der Waals surface area contributed by atoms with Gasteiger partial charge in [-0.2, -0.15) is 4.98 Å². The number of pyridine rings is 1. The molecular formula is C26H24N6O3. The standard InChI is InChI=1S/C26H24N6O3/c1-4-30(20-8-5-7-18(3)15-20)22(33)16-32-26(34)31-14-6-9-21(24(31)28-32)25-27-23(29-35-25)19-12-10-17(2)11-13-19/h5-15H,4,16H2,1-3H3. The van der Waals surface area contributed by atoms with Crippen LogP contribution in [0.15, 0.2) is 76.2 Å². The molecular weight excluding hydrogens is 444 g/mol. The quantitative estimate of drug-likeness (QED) is 0.375. The van der Waals surface area contributed by atoms with Crippen molar-refractivity contribution in [2.45, 2.75) is 27.3 Å². The van der Waals surface area contributed by atoms with Gasteiger partial charge in [0.25, 0.3) is 5.89 Å². The van der Waals surface area contributed by atoms with Crippen LogP contribution in [0.2, 0.25) is 0 Å². The van der Waals surface area contributed by atoms with E-state index in [1.165, 1.54) is 4.40 Å². The second kappa shape index (κ2) is 9.02. The lowest BCUT2D eigenvalue weighted by Crippen LogP contribution is -2.36. The summed E-state index contributed by atoms with van der Waals surface area (Å²) in [5.74, 6) is 0.449. The number of fused-ring (bicyclic) bond motifs is 1. The highest BCUT2D eigenvalue weighted by molar-refractivity contribution is 5.93. The van der Waals surface area contributed by atoms with Gasteiger partial charge < -0.3 is 9.42 Å². The SMILES string of the molecule is CCN(C(=O)Cn1nc2c(-c3nc(-c4ccc(C)cc4)no3)cccn2c1=O)c1cccc(C)c1. The lowest BCUT2D eigenvalue weighted by Gasteiger charge is -2.21. The van der Waals surface area contributed by atoms with Crippen LogP contribution in [0.3, 0.4) is 0 Å². The Morgan fingerprint density at radius 2 is 1.83 bits per heavy atom. The minimum absolute atomic E-state index is 0.194. The number of hydrogen-bond donors (Lipinski definition) is 0. The molecule has 0 spiro atoms. The average molecular weight is 469 g/mol. The molecule has 0 aliphatic heterocycles. The summed E-state index contributed by atoms with van der Waals surface area (Å²) in [5, 5.41) is 8.52. The second-order valence-electron chi connectivity index (χ2n) is 8.32. The van der Waals surface area contributed by atoms with E-state index in [1.54, 1.807) is 23.2 Å². The zero-order chi connectivity index (χ0) is 24.5. The van der Waals surface area contributed by atoms with Crippen LogP contribution >= 0.6 is 0 Å². The number of hydrogen-bond acceptors (Lipinski definition) is 6. The molecule has 0 bridgehead atoms. The van der Waals surface area contributed by atoms with E-state index < -0.39 is 5.69 Å². The maximum absolute atomic E-state index is 13.1. The van der Waals surface area contributed by atoms with Crippen molar-refractivity contribution in [3.8, 4) is 22.8 Å². The second-order valence-corrected chi connectivity index (χ2v) is 8.32. The number of likely N-dealkylation sites (N-methyl/N-ethyl adjacent to an activating group) is 1. The molecule has 0 radical (unpaired) electrons. The first-order chi connectivity index (χ1) is 16.9. The van der Waals surface area contributed by atoms with E-state index >= 15 is 0 Å². The smallest absolute Gasteiger partial charge is 0.333 e. The van der Waals surface area contributed by atoms with Crippen LogP contribution in [0.25, 0.3) is 28.5 Å². The topological polar surface area (TPSA) is 98.5 Å². The molecule has 5 rings (SSSR count). The van der Waals surface area contributed by atoms with Crippen molar-refractivity contribution in [2.75, 3.05) is 11.4 Å². The maximum atomic E-state index is 13.1. The molecule has 0 saturated carbocycles. The lowest BCUT2D eigenvalue weighted by atomic mass is 10.1. The Balaban J connectivity index is 1.48. The Morgan fingerprint density at radius 1 is 1.03 bits per heavy atom. The fourth-order valence-electron chi connectivity index (χ4n) is 3.97. The summed E-state index contributed by atoms with van der Waals surface area (Å²) in [6.45, 7) is 6.15. The number of amides is 1. The first-order valence-corrected chi connectivity index (χ1v) is 11.3. The molecule has 9 nitrogen and oxygen atoms in total. The van der Waals surface area contributed by atoms with Crippen molar-refractivity contribution in [1.29, 1.82) is 0 Å². The van der Waals surface area contributed by atoms with Gasteiger partial charge in [-0.15, -0.1) is 5.10 Å². The zero-order valence-corrected chi connectivity index (χ0v) is 19.7. The Bertz CT molecular complexity index is 1580. The van der Waals surface area contributed by atoms with Crippen molar-refractivity contribution >= 4 is 17.2 Å². The number of aromatic nitrogens is 5. The highest BCUT2D eigenvalue weighted by Crippen LogP contribution is 2.25. The third-order valence-corrected chi connectivity index (χ3v) is 5.79. The summed E-state index contributed by atoms with van der Waals surface area (Å²) in [7, 11) is 0. The number of carbonyl (C=O) groups excluding carboxylic acids is 1. The number of rotatable bonds is 6. The third kappa shape index (κ3) is 4.23. The summed E-state index contributed by atoms with van der Waals surface area (Å²) in [6.07, 6.45) is 1.60. The van der Waals surface area contributed by atoms with E-state index in [1.807, 2.05) is 69.3 Å². The van der Waals surface area contributed by atoms with Gasteiger partial charge in [0, 0.05) is 24.0 Å². The monoisotopic (exact) mass is 468 g/mol. The summed E-state index contributed by atoms with van der Waals surface area (Å²) < 4.78 is 8.04. The van der Waals surface area contributed by atoms with Gasteiger partial charge >= 0.3 is 5.69 Å². The Kier molecular flexibility index (Phi) is 5.74. The molecule has 0 unspecified atom stereocenters. The summed E-state index contributed by atoms with van der Waals surface area (Å²) in [6, 6.07) is 18.9. The van der Waals surface area contributed by atoms with Gasteiger partial charge in [-0.1, -0.05) is 47.1 Å². The van der Waals surface area contributed by atoms with Crippen LogP contribution in [-0.2, 0) is 11.3 Å². The molecule has 3 aromatic heterocycles. The first kappa shape index (κ1) is 22.3. The predicted octanol–water partition coefficient (Wildman–Crippen LogP) is 3.88.